The van der Waals surface area contributed by atoms with Gasteiger partial charge in [-0.1, -0.05) is 26.0 Å². The van der Waals surface area contributed by atoms with Crippen molar-refractivity contribution in [3.63, 3.8) is 0 Å². The maximum Gasteiger partial charge on any atom is 0.271 e. The van der Waals surface area contributed by atoms with Crippen molar-refractivity contribution in [2.24, 2.45) is 5.92 Å². The monoisotopic (exact) mass is 368 g/mol. The second-order valence-electron chi connectivity index (χ2n) is 7.04. The summed E-state index contributed by atoms with van der Waals surface area (Å²) in [5.41, 5.74) is 1.82. The van der Waals surface area contributed by atoms with Gasteiger partial charge in [0.05, 0.1) is 11.6 Å². The Labute approximate surface area is 160 Å². The average molecular weight is 368 g/mol. The van der Waals surface area contributed by atoms with E-state index in [0.29, 0.717) is 13.1 Å². The first kappa shape index (κ1) is 19.1. The minimum absolute atomic E-state index is 0.0312. The van der Waals surface area contributed by atoms with E-state index in [1.54, 1.807) is 12.1 Å². The number of aryl methyl sites for hydroxylation is 1. The van der Waals surface area contributed by atoms with Crippen LogP contribution in [0.1, 0.15) is 38.7 Å². The molecule has 1 N–H and O–H groups in total. The molecule has 1 amide bonds. The molecule has 6 heteroatoms. The standard InChI is InChI=1S/C21H28N4O2/c1-3-13-22-21(27)17-6-5-14-24(15-17)19-11-12-20(26)25(23-19)18-9-7-16(4-2)8-10-18/h7-12,17H,3-6,13-15H2,1-2H3,(H,22,27)/t17-/m0/s1. The van der Waals surface area contributed by atoms with Crippen LogP contribution in [-0.2, 0) is 11.2 Å². The molecule has 0 spiro atoms. The Bertz CT molecular complexity index is 829. The summed E-state index contributed by atoms with van der Waals surface area (Å²) in [6.45, 7) is 6.34. The first-order chi connectivity index (χ1) is 13.1. The van der Waals surface area contributed by atoms with Gasteiger partial charge in [-0.05, 0) is 49.4 Å². The average Bonchev–Trinajstić information content (AvgIpc) is 2.72. The Kier molecular flexibility index (Phi) is 6.27. The fourth-order valence-electron chi connectivity index (χ4n) is 3.42. The van der Waals surface area contributed by atoms with Gasteiger partial charge in [-0.3, -0.25) is 9.59 Å². The van der Waals surface area contributed by atoms with Crippen LogP contribution in [0, 0.1) is 5.92 Å². The van der Waals surface area contributed by atoms with E-state index in [0.717, 1.165) is 43.7 Å². The van der Waals surface area contributed by atoms with E-state index in [9.17, 15) is 9.59 Å². The molecule has 1 saturated heterocycles. The number of benzene rings is 1. The highest BCUT2D eigenvalue weighted by Crippen LogP contribution is 2.21. The number of anilines is 1. The first-order valence-electron chi connectivity index (χ1n) is 9.84. The zero-order chi connectivity index (χ0) is 19.2. The Balaban J connectivity index is 1.80. The number of aromatic nitrogens is 2. The molecule has 0 saturated carbocycles. The van der Waals surface area contributed by atoms with Gasteiger partial charge in [-0.2, -0.15) is 4.68 Å². The number of carbonyl (C=O) groups is 1. The third kappa shape index (κ3) is 4.56. The Morgan fingerprint density at radius 3 is 2.67 bits per heavy atom. The van der Waals surface area contributed by atoms with Crippen molar-refractivity contribution < 1.29 is 4.79 Å². The summed E-state index contributed by atoms with van der Waals surface area (Å²) in [5, 5.41) is 7.57. The van der Waals surface area contributed by atoms with Crippen LogP contribution in [0.5, 0.6) is 0 Å². The fraction of sp³-hybridized carbons (Fsp3) is 0.476. The van der Waals surface area contributed by atoms with E-state index in [4.69, 9.17) is 0 Å². The van der Waals surface area contributed by atoms with Crippen molar-refractivity contribution in [1.29, 1.82) is 0 Å². The van der Waals surface area contributed by atoms with E-state index < -0.39 is 0 Å². The molecule has 2 aromatic rings. The molecule has 0 bridgehead atoms. The van der Waals surface area contributed by atoms with Crippen molar-refractivity contribution >= 4 is 11.7 Å². The van der Waals surface area contributed by atoms with Gasteiger partial charge in [0.2, 0.25) is 5.91 Å². The summed E-state index contributed by atoms with van der Waals surface area (Å²) in [6.07, 6.45) is 3.73. The summed E-state index contributed by atoms with van der Waals surface area (Å²) < 4.78 is 1.44. The van der Waals surface area contributed by atoms with Gasteiger partial charge in [0.1, 0.15) is 5.82 Å². The molecule has 1 aliphatic rings. The van der Waals surface area contributed by atoms with Crippen LogP contribution in [0.25, 0.3) is 5.69 Å². The van der Waals surface area contributed by atoms with E-state index in [-0.39, 0.29) is 17.4 Å². The SMILES string of the molecule is CCCNC(=O)[C@H]1CCCN(c2ccc(=O)n(-c3ccc(CC)cc3)n2)C1. The van der Waals surface area contributed by atoms with Crippen molar-refractivity contribution in [1.82, 2.24) is 15.1 Å². The van der Waals surface area contributed by atoms with Crippen LogP contribution in [0.2, 0.25) is 0 Å². The number of nitrogens with one attached hydrogen (secondary N) is 1. The van der Waals surface area contributed by atoms with E-state index in [1.807, 2.05) is 31.2 Å². The molecule has 2 heterocycles. The molecule has 3 rings (SSSR count). The molecule has 0 radical (unpaired) electrons. The lowest BCUT2D eigenvalue weighted by molar-refractivity contribution is -0.125. The summed E-state index contributed by atoms with van der Waals surface area (Å²) >= 11 is 0. The quantitative estimate of drug-likeness (QED) is 0.851. The highest BCUT2D eigenvalue weighted by atomic mass is 16.2. The second-order valence-corrected chi connectivity index (χ2v) is 7.04. The molecule has 0 unspecified atom stereocenters. The highest BCUT2D eigenvalue weighted by Gasteiger charge is 2.26. The largest absolute Gasteiger partial charge is 0.356 e. The Hall–Kier alpha value is -2.63. The van der Waals surface area contributed by atoms with E-state index in [1.165, 1.54) is 10.2 Å². The normalized spacial score (nSPS) is 17.0. The molecule has 144 valence electrons. The lowest BCUT2D eigenvalue weighted by Gasteiger charge is -2.32. The van der Waals surface area contributed by atoms with Crippen molar-refractivity contribution in [3.05, 3.63) is 52.3 Å². The van der Waals surface area contributed by atoms with Crippen LogP contribution in [-0.4, -0.2) is 35.3 Å². The second kappa shape index (κ2) is 8.84. The Morgan fingerprint density at radius 2 is 1.96 bits per heavy atom. The number of piperidine rings is 1. The summed E-state index contributed by atoms with van der Waals surface area (Å²) in [4.78, 5) is 26.7. The van der Waals surface area contributed by atoms with Gasteiger partial charge < -0.3 is 10.2 Å². The first-order valence-corrected chi connectivity index (χ1v) is 9.84. The van der Waals surface area contributed by atoms with Crippen LogP contribution in [0.4, 0.5) is 5.82 Å². The van der Waals surface area contributed by atoms with E-state index >= 15 is 0 Å². The Morgan fingerprint density at radius 1 is 1.19 bits per heavy atom. The molecule has 1 atom stereocenters. The topological polar surface area (TPSA) is 67.2 Å². The zero-order valence-corrected chi connectivity index (χ0v) is 16.1. The van der Waals surface area contributed by atoms with Gasteiger partial charge in [0.25, 0.3) is 5.56 Å². The smallest absolute Gasteiger partial charge is 0.271 e. The number of amides is 1. The molecule has 1 fully saturated rings. The number of rotatable bonds is 6. The molecule has 1 aliphatic heterocycles. The lowest BCUT2D eigenvalue weighted by atomic mass is 9.97. The molecular weight excluding hydrogens is 340 g/mol. The number of carbonyl (C=O) groups excluding carboxylic acids is 1. The van der Waals surface area contributed by atoms with Crippen molar-refractivity contribution in [2.75, 3.05) is 24.5 Å². The number of nitrogens with zero attached hydrogens (tertiary/aromatic N) is 3. The van der Waals surface area contributed by atoms with Gasteiger partial charge in [0, 0.05) is 25.7 Å². The molecule has 1 aromatic carbocycles. The lowest BCUT2D eigenvalue weighted by Crippen LogP contribution is -2.44. The summed E-state index contributed by atoms with van der Waals surface area (Å²) in [7, 11) is 0. The highest BCUT2D eigenvalue weighted by molar-refractivity contribution is 5.79. The fourth-order valence-corrected chi connectivity index (χ4v) is 3.42. The van der Waals surface area contributed by atoms with E-state index in [2.05, 4.69) is 22.2 Å². The maximum atomic E-state index is 12.3. The third-order valence-electron chi connectivity index (χ3n) is 5.04. The van der Waals surface area contributed by atoms with Gasteiger partial charge in [-0.25, -0.2) is 0 Å². The van der Waals surface area contributed by atoms with Gasteiger partial charge >= 0.3 is 0 Å². The van der Waals surface area contributed by atoms with Gasteiger partial charge in [0.15, 0.2) is 0 Å². The predicted molar refractivity (Wildman–Crippen MR) is 107 cm³/mol. The summed E-state index contributed by atoms with van der Waals surface area (Å²) in [6, 6.07) is 11.2. The van der Waals surface area contributed by atoms with Crippen LogP contribution < -0.4 is 15.8 Å². The van der Waals surface area contributed by atoms with Crippen LogP contribution in [0.3, 0.4) is 0 Å². The number of hydrogen-bond donors (Lipinski definition) is 1. The molecule has 0 aliphatic carbocycles. The third-order valence-corrected chi connectivity index (χ3v) is 5.04. The molecule has 1 aromatic heterocycles. The van der Waals surface area contributed by atoms with Crippen LogP contribution in [0.15, 0.2) is 41.2 Å². The van der Waals surface area contributed by atoms with Gasteiger partial charge in [-0.15, -0.1) is 5.10 Å². The van der Waals surface area contributed by atoms with Crippen molar-refractivity contribution in [3.8, 4) is 5.69 Å². The molecule has 27 heavy (non-hydrogen) atoms. The molecular formula is C21H28N4O2. The van der Waals surface area contributed by atoms with Crippen molar-refractivity contribution in [2.45, 2.75) is 39.5 Å². The minimum Gasteiger partial charge on any atom is -0.356 e. The summed E-state index contributed by atoms with van der Waals surface area (Å²) in [5.74, 6) is 0.823. The number of hydrogen-bond acceptors (Lipinski definition) is 4. The molecule has 6 nitrogen and oxygen atoms in total. The van der Waals surface area contributed by atoms with Crippen LogP contribution >= 0.6 is 0 Å². The maximum absolute atomic E-state index is 12.3. The minimum atomic E-state index is -0.155. The zero-order valence-electron chi connectivity index (χ0n) is 16.1. The predicted octanol–water partition coefficient (Wildman–Crippen LogP) is 2.54.